The molecular formula is C23H33FN6O4. The lowest BCUT2D eigenvalue weighted by molar-refractivity contribution is -0.128. The zero-order chi connectivity index (χ0) is 24.5. The van der Waals surface area contributed by atoms with Crippen molar-refractivity contribution in [2.24, 2.45) is 0 Å². The number of nitrogens with one attached hydrogen (secondary N) is 1. The second-order valence-corrected chi connectivity index (χ2v) is 8.18. The maximum atomic E-state index is 14.4. The van der Waals surface area contributed by atoms with E-state index in [0.29, 0.717) is 47.9 Å². The number of hydrogen-bond acceptors (Lipinski definition) is 8. The number of fused-ring (bicyclic) bond motifs is 1. The van der Waals surface area contributed by atoms with Crippen LogP contribution in [0.4, 0.5) is 10.1 Å². The van der Waals surface area contributed by atoms with Gasteiger partial charge >= 0.3 is 0 Å². The average Bonchev–Trinajstić information content (AvgIpc) is 3.41. The highest BCUT2D eigenvalue weighted by Crippen LogP contribution is 2.30. The third-order valence-electron chi connectivity index (χ3n) is 5.21. The van der Waals surface area contributed by atoms with E-state index in [1.807, 2.05) is 14.1 Å². The van der Waals surface area contributed by atoms with Gasteiger partial charge in [-0.25, -0.2) is 14.1 Å². The molecular weight excluding hydrogens is 443 g/mol. The summed E-state index contributed by atoms with van der Waals surface area (Å²) in [6.07, 6.45) is 5.53. The minimum atomic E-state index is -0.424. The Morgan fingerprint density at radius 3 is 2.85 bits per heavy atom. The van der Waals surface area contributed by atoms with E-state index in [0.717, 1.165) is 38.8 Å². The molecule has 0 saturated carbocycles. The van der Waals surface area contributed by atoms with E-state index < -0.39 is 5.82 Å². The lowest BCUT2D eigenvalue weighted by atomic mass is 10.2. The Labute approximate surface area is 198 Å². The summed E-state index contributed by atoms with van der Waals surface area (Å²) in [5.41, 5.74) is 8.37. The Morgan fingerprint density at radius 1 is 1.38 bits per heavy atom. The Kier molecular flexibility index (Phi) is 9.23. The van der Waals surface area contributed by atoms with E-state index in [2.05, 4.69) is 24.7 Å². The first kappa shape index (κ1) is 25.4. The summed E-state index contributed by atoms with van der Waals surface area (Å²) in [4.78, 5) is 18.9. The maximum absolute atomic E-state index is 14.4. The number of nitrogens with zero attached hydrogens (tertiary/aromatic N) is 4. The van der Waals surface area contributed by atoms with Crippen LogP contribution in [0, 0.1) is 5.82 Å². The molecule has 34 heavy (non-hydrogen) atoms. The molecule has 1 aliphatic rings. The van der Waals surface area contributed by atoms with Crippen LogP contribution in [-0.4, -0.2) is 71.6 Å². The summed E-state index contributed by atoms with van der Waals surface area (Å²) in [7, 11) is 3.98. The van der Waals surface area contributed by atoms with Gasteiger partial charge in [-0.1, -0.05) is 0 Å². The van der Waals surface area contributed by atoms with E-state index in [9.17, 15) is 9.18 Å². The molecule has 3 heterocycles. The van der Waals surface area contributed by atoms with Crippen molar-refractivity contribution in [1.82, 2.24) is 24.6 Å². The Bertz CT molecular complexity index is 1060. The number of rotatable bonds is 9. The minimum Gasteiger partial charge on any atom is -0.490 e. The van der Waals surface area contributed by atoms with Gasteiger partial charge in [0.1, 0.15) is 6.23 Å². The van der Waals surface area contributed by atoms with Gasteiger partial charge in [-0.05, 0) is 46.7 Å². The number of ether oxygens (including phenoxy) is 3. The monoisotopic (exact) mass is 476 g/mol. The van der Waals surface area contributed by atoms with Gasteiger partial charge in [-0.15, -0.1) is 0 Å². The molecule has 1 aliphatic heterocycles. The number of carbonyl (C=O) groups excluding carboxylic acids is 1. The molecule has 4 rings (SSSR count). The molecule has 1 fully saturated rings. The van der Waals surface area contributed by atoms with Crippen LogP contribution in [0.15, 0.2) is 18.3 Å². The number of hydrogen-bond donors (Lipinski definition) is 2. The van der Waals surface area contributed by atoms with E-state index in [1.165, 1.54) is 6.07 Å². The highest BCUT2D eigenvalue weighted by molar-refractivity contribution is 5.82. The number of aromatic amines is 1. The summed E-state index contributed by atoms with van der Waals surface area (Å²) in [5.74, 6) is 0.270. The molecule has 0 bridgehead atoms. The number of nitrogens with two attached hydrogens (primary N) is 1. The molecule has 1 aromatic carbocycles. The van der Waals surface area contributed by atoms with Gasteiger partial charge in [-0.3, -0.25) is 4.79 Å². The molecule has 3 aromatic rings. The second-order valence-electron chi connectivity index (χ2n) is 8.18. The number of carbonyl (C=O) groups is 1. The third kappa shape index (κ3) is 6.67. The molecule has 3 N–H and O–H groups in total. The Hall–Kier alpha value is -3.18. The normalized spacial score (nSPS) is 15.7. The molecule has 1 unspecified atom stereocenters. The van der Waals surface area contributed by atoms with Gasteiger partial charge in [0.15, 0.2) is 23.1 Å². The summed E-state index contributed by atoms with van der Waals surface area (Å²) in [6, 6.07) is 3.00. The largest absolute Gasteiger partial charge is 0.490 e. The molecule has 0 aliphatic carbocycles. The van der Waals surface area contributed by atoms with Gasteiger partial charge in [0.2, 0.25) is 0 Å². The zero-order valence-electron chi connectivity index (χ0n) is 19.9. The Morgan fingerprint density at radius 2 is 2.21 bits per heavy atom. The molecule has 0 radical (unpaired) electrons. The Balaban J connectivity index is 0.000000588. The van der Waals surface area contributed by atoms with Crippen LogP contribution < -0.4 is 10.5 Å². The smallest absolute Gasteiger partial charge is 0.293 e. The lowest BCUT2D eigenvalue weighted by Crippen LogP contribution is -2.18. The fourth-order valence-corrected chi connectivity index (χ4v) is 3.53. The molecule has 186 valence electrons. The van der Waals surface area contributed by atoms with Crippen molar-refractivity contribution < 1.29 is 23.4 Å². The molecule has 1 atom stereocenters. The fourth-order valence-electron chi connectivity index (χ4n) is 3.53. The summed E-state index contributed by atoms with van der Waals surface area (Å²) in [5, 5.41) is 4.56. The van der Waals surface area contributed by atoms with Crippen molar-refractivity contribution >= 4 is 23.2 Å². The van der Waals surface area contributed by atoms with Gasteiger partial charge < -0.3 is 29.8 Å². The van der Waals surface area contributed by atoms with Crippen LogP contribution in [0.2, 0.25) is 0 Å². The van der Waals surface area contributed by atoms with Crippen LogP contribution in [0.25, 0.3) is 22.6 Å². The highest BCUT2D eigenvalue weighted by atomic mass is 19.1. The van der Waals surface area contributed by atoms with Crippen molar-refractivity contribution in [2.75, 3.05) is 46.2 Å². The number of aromatic nitrogens is 4. The van der Waals surface area contributed by atoms with Crippen molar-refractivity contribution in [1.29, 1.82) is 0 Å². The number of nitrogen functional groups attached to an aromatic ring is 1. The van der Waals surface area contributed by atoms with E-state index in [1.54, 1.807) is 23.9 Å². The van der Waals surface area contributed by atoms with Crippen molar-refractivity contribution in [3.05, 3.63) is 24.1 Å². The van der Waals surface area contributed by atoms with Crippen LogP contribution in [0.1, 0.15) is 38.8 Å². The van der Waals surface area contributed by atoms with E-state index >= 15 is 0 Å². The van der Waals surface area contributed by atoms with Gasteiger partial charge in [-0.2, -0.15) is 5.10 Å². The number of anilines is 1. The van der Waals surface area contributed by atoms with Crippen molar-refractivity contribution in [3.8, 4) is 17.3 Å². The fraction of sp³-hybridized carbons (Fsp3) is 0.522. The number of halogens is 1. The minimum absolute atomic E-state index is 0.108. The third-order valence-corrected chi connectivity index (χ3v) is 5.21. The molecule has 0 spiro atoms. The molecule has 2 aromatic heterocycles. The molecule has 11 heteroatoms. The summed E-state index contributed by atoms with van der Waals surface area (Å²) in [6.45, 7) is 4.71. The summed E-state index contributed by atoms with van der Waals surface area (Å²) >= 11 is 0. The highest BCUT2D eigenvalue weighted by Gasteiger charge is 2.21. The summed E-state index contributed by atoms with van der Waals surface area (Å²) < 4.78 is 31.7. The number of H-pyrrole nitrogens is 1. The quantitative estimate of drug-likeness (QED) is 0.356. The van der Waals surface area contributed by atoms with Gasteiger partial charge in [0.05, 0.1) is 36.1 Å². The first-order valence-corrected chi connectivity index (χ1v) is 11.4. The topological polar surface area (TPSA) is 121 Å². The van der Waals surface area contributed by atoms with Crippen LogP contribution in [-0.2, 0) is 14.3 Å². The number of imidazole rings is 1. The predicted molar refractivity (Wildman–Crippen MR) is 127 cm³/mol. The molecule has 0 amide bonds. The van der Waals surface area contributed by atoms with Crippen LogP contribution in [0.3, 0.4) is 0 Å². The standard InChI is InChI=1S/C20H27FN6O2.C3H6O2/c1-26(2)7-5-9-28-17-11-16-15(10-13(17)21)23-20(24-16)19-14(22)12-27(25-19)18-6-3-4-8-29-18;1-2-5-3-4/h10-12,18H,3-9,22H2,1-2H3,(H,23,24);3H,2H2,1H3. The first-order chi connectivity index (χ1) is 16.4. The zero-order valence-corrected chi connectivity index (χ0v) is 19.9. The lowest BCUT2D eigenvalue weighted by Gasteiger charge is -2.22. The van der Waals surface area contributed by atoms with E-state index in [-0.39, 0.29) is 12.0 Å². The van der Waals surface area contributed by atoms with Gasteiger partial charge in [0.25, 0.3) is 6.47 Å². The first-order valence-electron chi connectivity index (χ1n) is 11.4. The van der Waals surface area contributed by atoms with E-state index in [4.69, 9.17) is 15.2 Å². The number of benzene rings is 1. The molecule has 10 nitrogen and oxygen atoms in total. The average molecular weight is 477 g/mol. The predicted octanol–water partition coefficient (Wildman–Crippen LogP) is 3.36. The van der Waals surface area contributed by atoms with Gasteiger partial charge in [0, 0.05) is 25.3 Å². The van der Waals surface area contributed by atoms with Crippen LogP contribution in [0.5, 0.6) is 5.75 Å². The SMILES string of the molecule is CCOC=O.CN(C)CCCOc1cc2nc(-c3nn(C4CCCCO4)cc3N)[nH]c2cc1F. The van der Waals surface area contributed by atoms with Crippen molar-refractivity contribution in [3.63, 3.8) is 0 Å². The maximum Gasteiger partial charge on any atom is 0.293 e. The van der Waals surface area contributed by atoms with Crippen molar-refractivity contribution in [2.45, 2.75) is 38.8 Å². The molecule has 1 saturated heterocycles. The second kappa shape index (κ2) is 12.3. The van der Waals surface area contributed by atoms with Crippen LogP contribution >= 0.6 is 0 Å².